The van der Waals surface area contributed by atoms with Crippen LogP contribution in [0.1, 0.15) is 71.0 Å². The molecule has 0 bridgehead atoms. The third-order valence-corrected chi connectivity index (χ3v) is 5.21. The van der Waals surface area contributed by atoms with Crippen molar-refractivity contribution in [2.45, 2.75) is 67.3 Å². The molecule has 0 aliphatic heterocycles. The van der Waals surface area contributed by atoms with E-state index in [1.54, 1.807) is 32.4 Å². The molecule has 0 aliphatic carbocycles. The predicted molar refractivity (Wildman–Crippen MR) is 121 cm³/mol. The first kappa shape index (κ1) is 23.7. The third-order valence-electron chi connectivity index (χ3n) is 4.75. The van der Waals surface area contributed by atoms with Crippen LogP contribution in [-0.4, -0.2) is 15.7 Å². The Labute approximate surface area is 184 Å². The van der Waals surface area contributed by atoms with Crippen molar-refractivity contribution < 1.29 is 9.53 Å². The highest BCUT2D eigenvalue weighted by Crippen LogP contribution is 2.35. The molecular formula is C24H30ClN3O2. The molecule has 2 aromatic rings. The van der Waals surface area contributed by atoms with Crippen molar-refractivity contribution in [1.29, 1.82) is 5.26 Å². The Balaban J connectivity index is 2.77. The summed E-state index contributed by atoms with van der Waals surface area (Å²) in [5.41, 5.74) is 2.32. The van der Waals surface area contributed by atoms with E-state index in [4.69, 9.17) is 16.3 Å². The van der Waals surface area contributed by atoms with E-state index >= 15 is 0 Å². The standard InChI is InChI=1S/C24H30ClN3O2/c1-9-28-20(19(25)15(2)27-28)21(30-22(29)24(6,7)8)18(14-26)16-10-12-17(13-11-16)23(3,4)5/h10-13H,9H2,1-8H3. The van der Waals surface area contributed by atoms with Crippen LogP contribution < -0.4 is 0 Å². The Morgan fingerprint density at radius 2 is 1.73 bits per heavy atom. The van der Waals surface area contributed by atoms with Crippen molar-refractivity contribution in [3.8, 4) is 6.07 Å². The molecule has 0 radical (unpaired) electrons. The fraction of sp³-hybridized carbons (Fsp3) is 0.458. The van der Waals surface area contributed by atoms with Crippen molar-refractivity contribution in [2.75, 3.05) is 0 Å². The lowest BCUT2D eigenvalue weighted by Crippen LogP contribution is -2.23. The van der Waals surface area contributed by atoms with Gasteiger partial charge in [-0.25, -0.2) is 0 Å². The van der Waals surface area contributed by atoms with E-state index in [0.29, 0.717) is 28.5 Å². The van der Waals surface area contributed by atoms with Crippen LogP contribution in [-0.2, 0) is 21.5 Å². The monoisotopic (exact) mass is 427 g/mol. The Kier molecular flexibility index (Phi) is 6.83. The number of halogens is 1. The van der Waals surface area contributed by atoms with E-state index in [1.807, 2.05) is 31.2 Å². The molecule has 0 aliphatic rings. The SMILES string of the molecule is CCn1nc(C)c(Cl)c1C(OC(=O)C(C)(C)C)=C(C#N)c1ccc(C(C)(C)C)cc1. The van der Waals surface area contributed by atoms with Crippen molar-refractivity contribution in [3.63, 3.8) is 0 Å². The number of ether oxygens (including phenoxy) is 1. The zero-order valence-corrected chi connectivity index (χ0v) is 19.8. The van der Waals surface area contributed by atoms with Gasteiger partial charge in [0.2, 0.25) is 0 Å². The minimum Gasteiger partial charge on any atom is -0.422 e. The average Bonchev–Trinajstić information content (AvgIpc) is 2.94. The highest BCUT2D eigenvalue weighted by molar-refractivity contribution is 6.33. The number of nitriles is 1. The maximum absolute atomic E-state index is 12.8. The molecule has 0 amide bonds. The molecule has 2 rings (SSSR count). The van der Waals surface area contributed by atoms with E-state index < -0.39 is 11.4 Å². The number of aryl methyl sites for hydroxylation is 2. The summed E-state index contributed by atoms with van der Waals surface area (Å²) >= 11 is 6.54. The highest BCUT2D eigenvalue weighted by Gasteiger charge is 2.30. The van der Waals surface area contributed by atoms with Crippen LogP contribution in [0.5, 0.6) is 0 Å². The second-order valence-electron chi connectivity index (χ2n) is 9.35. The normalized spacial score (nSPS) is 12.9. The summed E-state index contributed by atoms with van der Waals surface area (Å²) in [6.45, 7) is 15.9. The summed E-state index contributed by atoms with van der Waals surface area (Å²) in [7, 11) is 0. The fourth-order valence-corrected chi connectivity index (χ4v) is 3.07. The zero-order chi connectivity index (χ0) is 22.9. The molecule has 30 heavy (non-hydrogen) atoms. The second-order valence-corrected chi connectivity index (χ2v) is 9.72. The van der Waals surface area contributed by atoms with E-state index in [2.05, 4.69) is 31.9 Å². The number of hydrogen-bond donors (Lipinski definition) is 0. The molecule has 1 aromatic carbocycles. The molecule has 0 spiro atoms. The van der Waals surface area contributed by atoms with Gasteiger partial charge in [-0.15, -0.1) is 0 Å². The van der Waals surface area contributed by atoms with Crippen LogP contribution in [0, 0.1) is 23.7 Å². The summed E-state index contributed by atoms with van der Waals surface area (Å²) in [4.78, 5) is 12.8. The number of hydrogen-bond acceptors (Lipinski definition) is 4. The van der Waals surface area contributed by atoms with Gasteiger partial charge >= 0.3 is 5.97 Å². The number of allylic oxidation sites excluding steroid dienone is 1. The zero-order valence-electron chi connectivity index (χ0n) is 19.1. The van der Waals surface area contributed by atoms with Gasteiger partial charge in [0.25, 0.3) is 0 Å². The number of esters is 1. The quantitative estimate of drug-likeness (QED) is 0.333. The molecule has 0 unspecified atom stereocenters. The first-order valence-electron chi connectivity index (χ1n) is 10.0. The topological polar surface area (TPSA) is 67.9 Å². The van der Waals surface area contributed by atoms with Gasteiger partial charge in [0, 0.05) is 6.54 Å². The van der Waals surface area contributed by atoms with Crippen LogP contribution in [0.4, 0.5) is 0 Å². The molecular weight excluding hydrogens is 398 g/mol. The summed E-state index contributed by atoms with van der Waals surface area (Å²) in [5, 5.41) is 14.8. The number of carbonyl (C=O) groups excluding carboxylic acids is 1. The van der Waals surface area contributed by atoms with Crippen LogP contribution in [0.25, 0.3) is 11.3 Å². The van der Waals surface area contributed by atoms with Gasteiger partial charge in [-0.2, -0.15) is 10.4 Å². The highest BCUT2D eigenvalue weighted by atomic mass is 35.5. The molecule has 0 N–H and O–H groups in total. The minimum absolute atomic E-state index is 0.0160. The molecule has 1 aromatic heterocycles. The largest absolute Gasteiger partial charge is 0.422 e. The van der Waals surface area contributed by atoms with Gasteiger partial charge in [0.1, 0.15) is 17.3 Å². The Bertz CT molecular complexity index is 1010. The van der Waals surface area contributed by atoms with Crippen molar-refractivity contribution in [2.24, 2.45) is 5.41 Å². The molecule has 6 heteroatoms. The first-order chi connectivity index (χ1) is 13.8. The van der Waals surface area contributed by atoms with Crippen LogP contribution in [0.3, 0.4) is 0 Å². The fourth-order valence-electron chi connectivity index (χ4n) is 2.85. The molecule has 5 nitrogen and oxygen atoms in total. The Morgan fingerprint density at radius 1 is 1.17 bits per heavy atom. The van der Waals surface area contributed by atoms with E-state index in [9.17, 15) is 10.1 Å². The third kappa shape index (κ3) is 4.94. The van der Waals surface area contributed by atoms with Gasteiger partial charge < -0.3 is 4.74 Å². The van der Waals surface area contributed by atoms with Gasteiger partial charge in [-0.05, 0) is 51.2 Å². The molecule has 0 fully saturated rings. The van der Waals surface area contributed by atoms with Gasteiger partial charge in [-0.1, -0.05) is 56.6 Å². The summed E-state index contributed by atoms with van der Waals surface area (Å²) in [6, 6.07) is 9.94. The molecule has 1 heterocycles. The number of rotatable bonds is 4. The second kappa shape index (κ2) is 8.65. The Hall–Kier alpha value is -2.58. The molecule has 0 saturated heterocycles. The summed E-state index contributed by atoms with van der Waals surface area (Å²) in [5.74, 6) is -0.317. The number of carbonyl (C=O) groups is 1. The van der Waals surface area contributed by atoms with Crippen molar-refractivity contribution in [3.05, 3.63) is 51.8 Å². The lowest BCUT2D eigenvalue weighted by molar-refractivity contribution is -0.145. The lowest BCUT2D eigenvalue weighted by Gasteiger charge is -2.21. The molecule has 0 atom stereocenters. The average molecular weight is 428 g/mol. The van der Waals surface area contributed by atoms with Crippen molar-refractivity contribution >= 4 is 28.9 Å². The van der Waals surface area contributed by atoms with Crippen LogP contribution in [0.2, 0.25) is 5.02 Å². The van der Waals surface area contributed by atoms with Crippen molar-refractivity contribution in [1.82, 2.24) is 9.78 Å². The number of aromatic nitrogens is 2. The van der Waals surface area contributed by atoms with Gasteiger partial charge in [0.05, 0.1) is 16.1 Å². The van der Waals surface area contributed by atoms with Crippen LogP contribution >= 0.6 is 11.6 Å². The van der Waals surface area contributed by atoms with E-state index in [1.165, 1.54) is 0 Å². The summed E-state index contributed by atoms with van der Waals surface area (Å²) in [6.07, 6.45) is 0. The maximum atomic E-state index is 12.8. The first-order valence-corrected chi connectivity index (χ1v) is 10.4. The van der Waals surface area contributed by atoms with Gasteiger partial charge in [0.15, 0.2) is 5.76 Å². The number of benzene rings is 1. The van der Waals surface area contributed by atoms with E-state index in [0.717, 1.165) is 5.56 Å². The smallest absolute Gasteiger partial charge is 0.316 e. The van der Waals surface area contributed by atoms with E-state index in [-0.39, 0.29) is 16.7 Å². The molecule has 160 valence electrons. The lowest BCUT2D eigenvalue weighted by atomic mass is 9.86. The molecule has 0 saturated carbocycles. The Morgan fingerprint density at radius 3 is 2.17 bits per heavy atom. The number of nitrogens with zero attached hydrogens (tertiary/aromatic N) is 3. The van der Waals surface area contributed by atoms with Crippen LogP contribution in [0.15, 0.2) is 24.3 Å². The summed E-state index contributed by atoms with van der Waals surface area (Å²) < 4.78 is 7.47. The predicted octanol–water partition coefficient (Wildman–Crippen LogP) is 6.14. The maximum Gasteiger partial charge on any atom is 0.316 e. The minimum atomic E-state index is -0.750. The van der Waals surface area contributed by atoms with Gasteiger partial charge in [-0.3, -0.25) is 9.48 Å².